The number of amides is 1. The number of anilines is 1. The molecule has 0 spiro atoms. The van der Waals surface area contributed by atoms with Gasteiger partial charge < -0.3 is 4.90 Å². The number of para-hydroxylation sites is 1. The summed E-state index contributed by atoms with van der Waals surface area (Å²) in [5, 5.41) is 0. The van der Waals surface area contributed by atoms with Crippen molar-refractivity contribution in [3.05, 3.63) is 30.3 Å². The quantitative estimate of drug-likeness (QED) is 0.562. The lowest BCUT2D eigenvalue weighted by Crippen LogP contribution is -2.26. The standard InChI is InChI=1S/C9H10BrNO/c1-8(12)11(7-10)9-5-3-2-4-6-9/h2-6H,7H2,1H3. The molecule has 0 fully saturated rings. The minimum atomic E-state index is 0.0399. The highest BCUT2D eigenvalue weighted by Gasteiger charge is 2.07. The van der Waals surface area contributed by atoms with E-state index in [1.54, 1.807) is 11.8 Å². The molecule has 0 heterocycles. The molecule has 0 bridgehead atoms. The maximum absolute atomic E-state index is 11.1. The summed E-state index contributed by atoms with van der Waals surface area (Å²) in [6.45, 7) is 1.55. The molecule has 2 nitrogen and oxygen atoms in total. The van der Waals surface area contributed by atoms with Gasteiger partial charge in [-0.25, -0.2) is 0 Å². The third kappa shape index (κ3) is 2.08. The van der Waals surface area contributed by atoms with Gasteiger partial charge in [-0.2, -0.15) is 0 Å². The Morgan fingerprint density at radius 2 is 2.00 bits per heavy atom. The van der Waals surface area contributed by atoms with Crippen molar-refractivity contribution in [2.75, 3.05) is 10.4 Å². The second kappa shape index (κ2) is 4.26. The normalized spacial score (nSPS) is 9.50. The summed E-state index contributed by atoms with van der Waals surface area (Å²) in [4.78, 5) is 12.7. The molecule has 12 heavy (non-hydrogen) atoms. The summed E-state index contributed by atoms with van der Waals surface area (Å²) in [5.74, 6) is 0.0399. The second-order valence-electron chi connectivity index (χ2n) is 2.40. The molecule has 0 saturated heterocycles. The van der Waals surface area contributed by atoms with Crippen LogP contribution in [-0.4, -0.2) is 11.4 Å². The van der Waals surface area contributed by atoms with Crippen molar-refractivity contribution in [1.29, 1.82) is 0 Å². The van der Waals surface area contributed by atoms with Gasteiger partial charge in [-0.3, -0.25) is 4.79 Å². The molecule has 3 heteroatoms. The fourth-order valence-electron chi connectivity index (χ4n) is 0.943. The largest absolute Gasteiger partial charge is 0.302 e. The zero-order chi connectivity index (χ0) is 8.97. The van der Waals surface area contributed by atoms with Crippen LogP contribution < -0.4 is 4.90 Å². The molecule has 0 aliphatic heterocycles. The van der Waals surface area contributed by atoms with Crippen LogP contribution in [0.3, 0.4) is 0 Å². The van der Waals surface area contributed by atoms with Crippen molar-refractivity contribution in [3.63, 3.8) is 0 Å². The van der Waals surface area contributed by atoms with Crippen LogP contribution in [0.1, 0.15) is 6.92 Å². The summed E-state index contributed by atoms with van der Waals surface area (Å²) in [6, 6.07) is 9.56. The van der Waals surface area contributed by atoms with E-state index in [9.17, 15) is 4.79 Å². The molecule has 0 atom stereocenters. The molecule has 0 N–H and O–H groups in total. The van der Waals surface area contributed by atoms with Gasteiger partial charge in [-0.15, -0.1) is 0 Å². The van der Waals surface area contributed by atoms with E-state index in [-0.39, 0.29) is 5.91 Å². The zero-order valence-corrected chi connectivity index (χ0v) is 8.41. The Labute approximate surface area is 80.3 Å². The van der Waals surface area contributed by atoms with E-state index in [0.717, 1.165) is 5.69 Å². The Balaban J connectivity index is 2.88. The maximum Gasteiger partial charge on any atom is 0.224 e. The van der Waals surface area contributed by atoms with Crippen LogP contribution in [-0.2, 0) is 4.79 Å². The second-order valence-corrected chi connectivity index (χ2v) is 2.90. The molecule has 0 aliphatic carbocycles. The summed E-state index contributed by atoms with van der Waals surface area (Å²) in [7, 11) is 0. The molecule has 0 unspecified atom stereocenters. The van der Waals surface area contributed by atoms with Gasteiger partial charge in [-0.1, -0.05) is 34.1 Å². The summed E-state index contributed by atoms with van der Waals surface area (Å²) in [6.07, 6.45) is 0. The number of nitrogens with zero attached hydrogens (tertiary/aromatic N) is 1. The number of hydrogen-bond donors (Lipinski definition) is 0. The molecule has 1 amide bonds. The first-order valence-electron chi connectivity index (χ1n) is 3.65. The Bertz CT molecular complexity index is 260. The van der Waals surface area contributed by atoms with Crippen LogP contribution in [0.4, 0.5) is 5.69 Å². The molecule has 0 radical (unpaired) electrons. The first kappa shape index (κ1) is 9.26. The minimum Gasteiger partial charge on any atom is -0.302 e. The predicted molar refractivity (Wildman–Crippen MR) is 53.4 cm³/mol. The average Bonchev–Trinajstić information content (AvgIpc) is 2.07. The van der Waals surface area contributed by atoms with Crippen molar-refractivity contribution >= 4 is 27.5 Å². The highest BCUT2D eigenvalue weighted by atomic mass is 79.9. The van der Waals surface area contributed by atoms with Gasteiger partial charge in [0.15, 0.2) is 0 Å². The van der Waals surface area contributed by atoms with Gasteiger partial charge in [0.25, 0.3) is 0 Å². The minimum absolute atomic E-state index is 0.0399. The lowest BCUT2D eigenvalue weighted by atomic mass is 10.3. The third-order valence-corrected chi connectivity index (χ3v) is 2.07. The van der Waals surface area contributed by atoms with Crippen molar-refractivity contribution in [1.82, 2.24) is 0 Å². The van der Waals surface area contributed by atoms with E-state index in [4.69, 9.17) is 0 Å². The number of alkyl halides is 1. The monoisotopic (exact) mass is 227 g/mol. The SMILES string of the molecule is CC(=O)N(CBr)c1ccccc1. The van der Waals surface area contributed by atoms with E-state index < -0.39 is 0 Å². The van der Waals surface area contributed by atoms with E-state index in [2.05, 4.69) is 15.9 Å². The van der Waals surface area contributed by atoms with E-state index in [1.807, 2.05) is 30.3 Å². The van der Waals surface area contributed by atoms with Crippen molar-refractivity contribution in [2.45, 2.75) is 6.92 Å². The summed E-state index contributed by atoms with van der Waals surface area (Å²) < 4.78 is 0. The number of halogens is 1. The van der Waals surface area contributed by atoms with Gasteiger partial charge in [-0.05, 0) is 12.1 Å². The molecule has 64 valence electrons. The molecule has 0 aliphatic rings. The van der Waals surface area contributed by atoms with Crippen molar-refractivity contribution in [2.24, 2.45) is 0 Å². The lowest BCUT2D eigenvalue weighted by molar-refractivity contribution is -0.116. The zero-order valence-electron chi connectivity index (χ0n) is 6.83. The van der Waals surface area contributed by atoms with Crippen LogP contribution in [0.5, 0.6) is 0 Å². The number of rotatable bonds is 2. The maximum atomic E-state index is 11.1. The van der Waals surface area contributed by atoms with Gasteiger partial charge in [0.1, 0.15) is 0 Å². The van der Waals surface area contributed by atoms with Crippen LogP contribution in [0.15, 0.2) is 30.3 Å². The molecule has 0 aromatic heterocycles. The number of benzene rings is 1. The molecule has 1 aromatic carbocycles. The number of hydrogen-bond acceptors (Lipinski definition) is 1. The van der Waals surface area contributed by atoms with Gasteiger partial charge in [0.2, 0.25) is 5.91 Å². The Morgan fingerprint density at radius 1 is 1.42 bits per heavy atom. The lowest BCUT2D eigenvalue weighted by Gasteiger charge is -2.17. The highest BCUT2D eigenvalue weighted by molar-refractivity contribution is 9.09. The summed E-state index contributed by atoms with van der Waals surface area (Å²) >= 11 is 3.26. The average molecular weight is 228 g/mol. The van der Waals surface area contributed by atoms with Crippen molar-refractivity contribution in [3.8, 4) is 0 Å². The Hall–Kier alpha value is -0.830. The van der Waals surface area contributed by atoms with Crippen LogP contribution in [0.2, 0.25) is 0 Å². The molecular weight excluding hydrogens is 218 g/mol. The van der Waals surface area contributed by atoms with Crippen molar-refractivity contribution < 1.29 is 4.79 Å². The summed E-state index contributed by atoms with van der Waals surface area (Å²) in [5.41, 5.74) is 1.45. The fraction of sp³-hybridized carbons (Fsp3) is 0.222. The van der Waals surface area contributed by atoms with Gasteiger partial charge >= 0.3 is 0 Å². The molecular formula is C9H10BrNO. The fourth-order valence-corrected chi connectivity index (χ4v) is 1.59. The molecule has 1 rings (SSSR count). The van der Waals surface area contributed by atoms with Gasteiger partial charge in [0, 0.05) is 12.6 Å². The highest BCUT2D eigenvalue weighted by Crippen LogP contribution is 2.13. The molecule has 1 aromatic rings. The first-order chi connectivity index (χ1) is 5.75. The van der Waals surface area contributed by atoms with E-state index in [1.165, 1.54) is 0 Å². The predicted octanol–water partition coefficient (Wildman–Crippen LogP) is 2.39. The number of carbonyl (C=O) groups is 1. The molecule has 0 saturated carbocycles. The number of carbonyl (C=O) groups excluding carboxylic acids is 1. The first-order valence-corrected chi connectivity index (χ1v) is 4.77. The Morgan fingerprint density at radius 3 is 2.42 bits per heavy atom. The smallest absolute Gasteiger partial charge is 0.224 e. The topological polar surface area (TPSA) is 20.3 Å². The van der Waals surface area contributed by atoms with Crippen LogP contribution in [0.25, 0.3) is 0 Å². The van der Waals surface area contributed by atoms with Crippen LogP contribution >= 0.6 is 15.9 Å². The van der Waals surface area contributed by atoms with Crippen LogP contribution in [0, 0.1) is 0 Å². The third-order valence-electron chi connectivity index (χ3n) is 1.57. The van der Waals surface area contributed by atoms with E-state index >= 15 is 0 Å². The Kier molecular flexibility index (Phi) is 3.29. The van der Waals surface area contributed by atoms with Gasteiger partial charge in [0.05, 0.1) is 5.45 Å². The van der Waals surface area contributed by atoms with E-state index in [0.29, 0.717) is 5.45 Å².